The van der Waals surface area contributed by atoms with E-state index in [0.717, 1.165) is 25.3 Å². The summed E-state index contributed by atoms with van der Waals surface area (Å²) in [6.45, 7) is 8.02. The number of ether oxygens (including phenoxy) is 1. The Hall–Kier alpha value is -1.55. The van der Waals surface area contributed by atoms with Crippen LogP contribution in [0.4, 0.5) is 0 Å². The molecule has 112 valence electrons. The summed E-state index contributed by atoms with van der Waals surface area (Å²) >= 11 is 0. The van der Waals surface area contributed by atoms with Crippen molar-refractivity contribution in [3.8, 4) is 5.75 Å². The minimum Gasteiger partial charge on any atom is -0.484 e. The zero-order chi connectivity index (χ0) is 15.0. The number of carbonyl (C=O) groups is 1. The smallest absolute Gasteiger partial charge is 0.260 e. The Kier molecular flexibility index (Phi) is 7.09. The first-order valence-corrected chi connectivity index (χ1v) is 7.22. The normalized spacial score (nSPS) is 10.7. The van der Waals surface area contributed by atoms with E-state index in [-0.39, 0.29) is 18.6 Å². The fourth-order valence-corrected chi connectivity index (χ4v) is 1.69. The molecule has 0 radical (unpaired) electrons. The Morgan fingerprint density at radius 2 is 2.15 bits per heavy atom. The molecular weight excluding hydrogens is 252 g/mol. The third-order valence-corrected chi connectivity index (χ3v) is 3.18. The van der Waals surface area contributed by atoms with Crippen LogP contribution in [0.15, 0.2) is 24.3 Å². The minimum atomic E-state index is -0.00508. The van der Waals surface area contributed by atoms with Gasteiger partial charge >= 0.3 is 0 Å². The van der Waals surface area contributed by atoms with E-state index in [1.807, 2.05) is 32.0 Å². The SMILES string of the molecule is CCCNCc1cccc(OCC(=O)N(C)C(C)C)c1. The van der Waals surface area contributed by atoms with Crippen LogP contribution >= 0.6 is 0 Å². The third-order valence-electron chi connectivity index (χ3n) is 3.18. The fourth-order valence-electron chi connectivity index (χ4n) is 1.69. The number of likely N-dealkylation sites (N-methyl/N-ethyl adjacent to an activating group) is 1. The predicted molar refractivity (Wildman–Crippen MR) is 81.8 cm³/mol. The topological polar surface area (TPSA) is 41.6 Å². The van der Waals surface area contributed by atoms with Crippen LogP contribution in [0.5, 0.6) is 5.75 Å². The number of nitrogens with zero attached hydrogens (tertiary/aromatic N) is 1. The highest BCUT2D eigenvalue weighted by molar-refractivity contribution is 5.77. The molecule has 1 amide bonds. The van der Waals surface area contributed by atoms with Gasteiger partial charge in [-0.3, -0.25) is 4.79 Å². The molecule has 0 aliphatic carbocycles. The van der Waals surface area contributed by atoms with Crippen LogP contribution in [-0.4, -0.2) is 37.0 Å². The van der Waals surface area contributed by atoms with Crippen molar-refractivity contribution in [2.45, 2.75) is 39.8 Å². The molecule has 0 aliphatic heterocycles. The largest absolute Gasteiger partial charge is 0.484 e. The van der Waals surface area contributed by atoms with Crippen molar-refractivity contribution < 1.29 is 9.53 Å². The number of carbonyl (C=O) groups excluding carboxylic acids is 1. The number of hydrogen-bond donors (Lipinski definition) is 1. The molecule has 0 aromatic heterocycles. The van der Waals surface area contributed by atoms with E-state index in [1.54, 1.807) is 11.9 Å². The molecule has 0 aliphatic rings. The van der Waals surface area contributed by atoms with Gasteiger partial charge in [-0.2, -0.15) is 0 Å². The van der Waals surface area contributed by atoms with Crippen molar-refractivity contribution in [2.75, 3.05) is 20.2 Å². The Morgan fingerprint density at radius 3 is 2.80 bits per heavy atom. The van der Waals surface area contributed by atoms with Gasteiger partial charge in [-0.15, -0.1) is 0 Å². The maximum absolute atomic E-state index is 11.8. The molecule has 4 nitrogen and oxygen atoms in total. The van der Waals surface area contributed by atoms with Gasteiger partial charge in [0.25, 0.3) is 5.91 Å². The highest BCUT2D eigenvalue weighted by Crippen LogP contribution is 2.13. The third kappa shape index (κ3) is 5.61. The summed E-state index contributed by atoms with van der Waals surface area (Å²) in [5.74, 6) is 0.737. The lowest BCUT2D eigenvalue weighted by Gasteiger charge is -2.21. The molecule has 0 heterocycles. The monoisotopic (exact) mass is 278 g/mol. The quantitative estimate of drug-likeness (QED) is 0.743. The van der Waals surface area contributed by atoms with E-state index < -0.39 is 0 Å². The highest BCUT2D eigenvalue weighted by atomic mass is 16.5. The summed E-state index contributed by atoms with van der Waals surface area (Å²) in [4.78, 5) is 13.5. The van der Waals surface area contributed by atoms with Gasteiger partial charge in [0.2, 0.25) is 0 Å². The summed E-state index contributed by atoms with van der Waals surface area (Å²) in [6.07, 6.45) is 1.12. The van der Waals surface area contributed by atoms with Crippen molar-refractivity contribution in [3.63, 3.8) is 0 Å². The molecule has 1 aromatic carbocycles. The van der Waals surface area contributed by atoms with E-state index >= 15 is 0 Å². The molecule has 1 N–H and O–H groups in total. The fraction of sp³-hybridized carbons (Fsp3) is 0.562. The summed E-state index contributed by atoms with van der Waals surface area (Å²) in [5.41, 5.74) is 1.17. The standard InChI is InChI=1S/C16H26N2O2/c1-5-9-17-11-14-7-6-8-15(10-14)20-12-16(19)18(4)13(2)3/h6-8,10,13,17H,5,9,11-12H2,1-4H3. The molecule has 1 rings (SSSR count). The second kappa shape index (κ2) is 8.59. The molecule has 4 heteroatoms. The number of rotatable bonds is 8. The Labute approximate surface area is 122 Å². The second-order valence-electron chi connectivity index (χ2n) is 5.21. The molecule has 0 spiro atoms. The average Bonchev–Trinajstić information content (AvgIpc) is 2.44. The number of nitrogens with one attached hydrogen (secondary N) is 1. The zero-order valence-corrected chi connectivity index (χ0v) is 13.0. The Morgan fingerprint density at radius 1 is 1.40 bits per heavy atom. The average molecular weight is 278 g/mol. The van der Waals surface area contributed by atoms with Crippen molar-refractivity contribution >= 4 is 5.91 Å². The molecule has 0 fully saturated rings. The highest BCUT2D eigenvalue weighted by Gasteiger charge is 2.12. The van der Waals surface area contributed by atoms with Gasteiger partial charge in [-0.05, 0) is 44.5 Å². The molecule has 0 atom stereocenters. The second-order valence-corrected chi connectivity index (χ2v) is 5.21. The van der Waals surface area contributed by atoms with Crippen LogP contribution in [0.3, 0.4) is 0 Å². The lowest BCUT2D eigenvalue weighted by atomic mass is 10.2. The van der Waals surface area contributed by atoms with Gasteiger partial charge in [-0.1, -0.05) is 19.1 Å². The number of hydrogen-bond acceptors (Lipinski definition) is 3. The lowest BCUT2D eigenvalue weighted by Crippen LogP contribution is -2.36. The van der Waals surface area contributed by atoms with Gasteiger partial charge < -0.3 is 15.0 Å². The van der Waals surface area contributed by atoms with Crippen molar-refractivity contribution in [2.24, 2.45) is 0 Å². The molecular formula is C16H26N2O2. The van der Waals surface area contributed by atoms with Crippen LogP contribution in [0, 0.1) is 0 Å². The van der Waals surface area contributed by atoms with Gasteiger partial charge in [0.05, 0.1) is 0 Å². The maximum atomic E-state index is 11.8. The van der Waals surface area contributed by atoms with Gasteiger partial charge in [0, 0.05) is 19.6 Å². The predicted octanol–water partition coefficient (Wildman–Crippen LogP) is 2.43. The molecule has 1 aromatic rings. The van der Waals surface area contributed by atoms with Crippen LogP contribution in [0.1, 0.15) is 32.8 Å². The first-order valence-electron chi connectivity index (χ1n) is 7.22. The van der Waals surface area contributed by atoms with Gasteiger partial charge in [0.15, 0.2) is 6.61 Å². The van der Waals surface area contributed by atoms with E-state index in [1.165, 1.54) is 5.56 Å². The molecule has 0 saturated heterocycles. The van der Waals surface area contributed by atoms with E-state index in [4.69, 9.17) is 4.74 Å². The summed E-state index contributed by atoms with van der Waals surface area (Å²) in [7, 11) is 1.79. The van der Waals surface area contributed by atoms with Gasteiger partial charge in [0.1, 0.15) is 5.75 Å². The zero-order valence-electron chi connectivity index (χ0n) is 13.0. The van der Waals surface area contributed by atoms with Crippen LogP contribution in [0.25, 0.3) is 0 Å². The molecule has 20 heavy (non-hydrogen) atoms. The van der Waals surface area contributed by atoms with E-state index in [0.29, 0.717) is 0 Å². The van der Waals surface area contributed by atoms with Crippen molar-refractivity contribution in [1.82, 2.24) is 10.2 Å². The molecule has 0 saturated carbocycles. The van der Waals surface area contributed by atoms with Crippen LogP contribution in [-0.2, 0) is 11.3 Å². The first-order chi connectivity index (χ1) is 9.54. The minimum absolute atomic E-state index is 0.00508. The molecule has 0 unspecified atom stereocenters. The summed E-state index contributed by atoms with van der Waals surface area (Å²) in [6, 6.07) is 8.06. The Balaban J connectivity index is 2.47. The lowest BCUT2D eigenvalue weighted by molar-refractivity contribution is -0.133. The first kappa shape index (κ1) is 16.5. The molecule has 0 bridgehead atoms. The van der Waals surface area contributed by atoms with Crippen LogP contribution in [0.2, 0.25) is 0 Å². The van der Waals surface area contributed by atoms with Gasteiger partial charge in [-0.25, -0.2) is 0 Å². The number of benzene rings is 1. The summed E-state index contributed by atoms with van der Waals surface area (Å²) < 4.78 is 5.57. The Bertz CT molecular complexity index is 419. The number of amides is 1. The van der Waals surface area contributed by atoms with Crippen molar-refractivity contribution in [1.29, 1.82) is 0 Å². The summed E-state index contributed by atoms with van der Waals surface area (Å²) in [5, 5.41) is 3.35. The van der Waals surface area contributed by atoms with Crippen LogP contribution < -0.4 is 10.1 Å². The van der Waals surface area contributed by atoms with Crippen molar-refractivity contribution in [3.05, 3.63) is 29.8 Å². The maximum Gasteiger partial charge on any atom is 0.260 e. The van der Waals surface area contributed by atoms with E-state index in [9.17, 15) is 4.79 Å². The van der Waals surface area contributed by atoms with E-state index in [2.05, 4.69) is 18.3 Å².